The Balaban J connectivity index is 1.84. The number of allylic oxidation sites excluding steroid dienone is 1. The number of fused-ring (bicyclic) bond motifs is 2. The molecule has 1 heteroatoms. The lowest BCUT2D eigenvalue weighted by atomic mass is 9.86. The zero-order valence-electron chi connectivity index (χ0n) is 10.3. The Kier molecular flexibility index (Phi) is 3.28. The number of hydrogen-bond acceptors (Lipinski definition) is 1. The first-order valence-electron chi connectivity index (χ1n) is 6.78. The van der Waals surface area contributed by atoms with E-state index in [0.717, 1.165) is 13.0 Å². The van der Waals surface area contributed by atoms with Crippen LogP contribution in [0.4, 0.5) is 0 Å². The van der Waals surface area contributed by atoms with E-state index in [9.17, 15) is 0 Å². The van der Waals surface area contributed by atoms with Crippen molar-refractivity contribution in [1.82, 2.24) is 0 Å². The normalized spacial score (nSPS) is 30.4. The zero-order chi connectivity index (χ0) is 11.5. The number of ether oxygens (including phenoxy) is 1. The molecular formula is C16H20O. The van der Waals surface area contributed by atoms with Gasteiger partial charge in [0.25, 0.3) is 0 Å². The van der Waals surface area contributed by atoms with Crippen molar-refractivity contribution >= 4 is 0 Å². The summed E-state index contributed by atoms with van der Waals surface area (Å²) in [7, 11) is 0. The SMILES string of the molecule is C1=C\C2CCCCC2OCc2ccccc2C/1. The van der Waals surface area contributed by atoms with Crippen molar-refractivity contribution < 1.29 is 4.74 Å². The molecule has 1 heterocycles. The molecule has 0 amide bonds. The molecule has 1 nitrogen and oxygen atoms in total. The Morgan fingerprint density at radius 2 is 1.82 bits per heavy atom. The van der Waals surface area contributed by atoms with E-state index in [-0.39, 0.29) is 0 Å². The molecule has 0 bridgehead atoms. The molecule has 1 aromatic carbocycles. The highest BCUT2D eigenvalue weighted by Crippen LogP contribution is 2.30. The van der Waals surface area contributed by atoms with Gasteiger partial charge in [0.05, 0.1) is 12.7 Å². The van der Waals surface area contributed by atoms with Gasteiger partial charge in [-0.1, -0.05) is 49.3 Å². The molecule has 1 saturated carbocycles. The van der Waals surface area contributed by atoms with Crippen LogP contribution in [-0.4, -0.2) is 6.10 Å². The van der Waals surface area contributed by atoms with Crippen LogP contribution in [0.3, 0.4) is 0 Å². The van der Waals surface area contributed by atoms with Crippen molar-refractivity contribution in [3.05, 3.63) is 47.5 Å². The van der Waals surface area contributed by atoms with Crippen LogP contribution in [0.2, 0.25) is 0 Å². The van der Waals surface area contributed by atoms with Crippen molar-refractivity contribution in [2.24, 2.45) is 5.92 Å². The summed E-state index contributed by atoms with van der Waals surface area (Å²) < 4.78 is 6.14. The van der Waals surface area contributed by atoms with E-state index in [4.69, 9.17) is 4.74 Å². The maximum Gasteiger partial charge on any atom is 0.0723 e. The van der Waals surface area contributed by atoms with Crippen LogP contribution in [0.1, 0.15) is 36.8 Å². The molecule has 2 atom stereocenters. The second kappa shape index (κ2) is 5.05. The second-order valence-corrected chi connectivity index (χ2v) is 5.20. The molecule has 17 heavy (non-hydrogen) atoms. The van der Waals surface area contributed by atoms with E-state index in [1.54, 1.807) is 0 Å². The standard InChI is InChI=1S/C16H20O/c1-2-8-15-12-17-16-11-4-3-7-14(16)10-5-9-13(15)6-1/h1-2,5-6,8,10,14,16H,3-4,7,9,11-12H2/b10-5-. The summed E-state index contributed by atoms with van der Waals surface area (Å²) in [6.07, 6.45) is 11.5. The van der Waals surface area contributed by atoms with Crippen LogP contribution in [0, 0.1) is 5.92 Å². The maximum atomic E-state index is 6.14. The second-order valence-electron chi connectivity index (χ2n) is 5.20. The summed E-state index contributed by atoms with van der Waals surface area (Å²) in [5.41, 5.74) is 2.78. The van der Waals surface area contributed by atoms with Crippen molar-refractivity contribution in [2.75, 3.05) is 0 Å². The lowest BCUT2D eigenvalue weighted by Gasteiger charge is -2.29. The van der Waals surface area contributed by atoms with Crippen LogP contribution in [0.5, 0.6) is 0 Å². The first-order valence-corrected chi connectivity index (χ1v) is 6.78. The van der Waals surface area contributed by atoms with Gasteiger partial charge in [-0.05, 0) is 30.4 Å². The maximum absolute atomic E-state index is 6.14. The smallest absolute Gasteiger partial charge is 0.0723 e. The highest BCUT2D eigenvalue weighted by atomic mass is 16.5. The zero-order valence-corrected chi connectivity index (χ0v) is 10.3. The molecule has 2 unspecified atom stereocenters. The highest BCUT2D eigenvalue weighted by Gasteiger charge is 2.24. The number of rotatable bonds is 0. The first kappa shape index (κ1) is 11.0. The fourth-order valence-corrected chi connectivity index (χ4v) is 3.02. The van der Waals surface area contributed by atoms with Crippen LogP contribution >= 0.6 is 0 Å². The van der Waals surface area contributed by atoms with Gasteiger partial charge in [-0.3, -0.25) is 0 Å². The lowest BCUT2D eigenvalue weighted by Crippen LogP contribution is -2.26. The van der Waals surface area contributed by atoms with Gasteiger partial charge in [0.1, 0.15) is 0 Å². The van der Waals surface area contributed by atoms with E-state index in [1.165, 1.54) is 36.8 Å². The van der Waals surface area contributed by atoms with Gasteiger partial charge in [0.15, 0.2) is 0 Å². The van der Waals surface area contributed by atoms with Crippen LogP contribution < -0.4 is 0 Å². The summed E-state index contributed by atoms with van der Waals surface area (Å²) in [6.45, 7) is 0.791. The summed E-state index contributed by atoms with van der Waals surface area (Å²) in [4.78, 5) is 0. The van der Waals surface area contributed by atoms with E-state index in [2.05, 4.69) is 36.4 Å². The molecule has 1 aromatic rings. The average molecular weight is 228 g/mol. The molecular weight excluding hydrogens is 208 g/mol. The largest absolute Gasteiger partial charge is 0.373 e. The van der Waals surface area contributed by atoms with Crippen LogP contribution in [-0.2, 0) is 17.8 Å². The topological polar surface area (TPSA) is 9.23 Å². The van der Waals surface area contributed by atoms with E-state index in [1.807, 2.05) is 0 Å². The quantitative estimate of drug-likeness (QED) is 0.612. The average Bonchev–Trinajstić information content (AvgIpc) is 2.47. The Labute approximate surface area is 103 Å². The van der Waals surface area contributed by atoms with Gasteiger partial charge >= 0.3 is 0 Å². The Bertz CT molecular complexity index is 408. The fraction of sp³-hybridized carbons (Fsp3) is 0.500. The van der Waals surface area contributed by atoms with Crippen LogP contribution in [0.25, 0.3) is 0 Å². The van der Waals surface area contributed by atoms with E-state index >= 15 is 0 Å². The summed E-state index contributed by atoms with van der Waals surface area (Å²) in [5.74, 6) is 0.651. The van der Waals surface area contributed by atoms with Gasteiger partial charge in [-0.25, -0.2) is 0 Å². The fourth-order valence-electron chi connectivity index (χ4n) is 3.02. The first-order chi connectivity index (χ1) is 8.43. The molecule has 2 aliphatic rings. The molecule has 1 fully saturated rings. The minimum absolute atomic E-state index is 0.450. The van der Waals surface area contributed by atoms with Gasteiger partial charge in [0, 0.05) is 5.92 Å². The third-order valence-electron chi connectivity index (χ3n) is 4.05. The van der Waals surface area contributed by atoms with Crippen molar-refractivity contribution in [1.29, 1.82) is 0 Å². The van der Waals surface area contributed by atoms with Crippen molar-refractivity contribution in [2.45, 2.75) is 44.8 Å². The molecule has 90 valence electrons. The van der Waals surface area contributed by atoms with Gasteiger partial charge in [-0.15, -0.1) is 0 Å². The lowest BCUT2D eigenvalue weighted by molar-refractivity contribution is -0.00685. The monoisotopic (exact) mass is 228 g/mol. The van der Waals surface area contributed by atoms with Crippen molar-refractivity contribution in [3.8, 4) is 0 Å². The molecule has 1 aliphatic heterocycles. The summed E-state index contributed by atoms with van der Waals surface area (Å²) >= 11 is 0. The molecule has 0 radical (unpaired) electrons. The Morgan fingerprint density at radius 3 is 2.76 bits per heavy atom. The summed E-state index contributed by atoms with van der Waals surface area (Å²) in [6, 6.07) is 8.66. The summed E-state index contributed by atoms with van der Waals surface area (Å²) in [5, 5.41) is 0. The van der Waals surface area contributed by atoms with Gasteiger partial charge in [-0.2, -0.15) is 0 Å². The molecule has 3 rings (SSSR count). The third kappa shape index (κ3) is 2.44. The number of hydrogen-bond donors (Lipinski definition) is 0. The van der Waals surface area contributed by atoms with Crippen molar-refractivity contribution in [3.63, 3.8) is 0 Å². The predicted molar refractivity (Wildman–Crippen MR) is 69.8 cm³/mol. The van der Waals surface area contributed by atoms with E-state index < -0.39 is 0 Å². The molecule has 0 N–H and O–H groups in total. The molecule has 0 aromatic heterocycles. The Hall–Kier alpha value is -1.08. The van der Waals surface area contributed by atoms with Gasteiger partial charge in [0.2, 0.25) is 0 Å². The minimum atomic E-state index is 0.450. The molecule has 0 saturated heterocycles. The van der Waals surface area contributed by atoms with Crippen LogP contribution in [0.15, 0.2) is 36.4 Å². The Morgan fingerprint density at radius 1 is 1.00 bits per heavy atom. The third-order valence-corrected chi connectivity index (χ3v) is 4.05. The van der Waals surface area contributed by atoms with Gasteiger partial charge < -0.3 is 4.74 Å². The molecule has 1 aliphatic carbocycles. The molecule has 0 spiro atoms. The minimum Gasteiger partial charge on any atom is -0.373 e. The highest BCUT2D eigenvalue weighted by molar-refractivity contribution is 5.28. The van der Waals surface area contributed by atoms with E-state index in [0.29, 0.717) is 12.0 Å². The predicted octanol–water partition coefficient (Wildman–Crippen LogP) is 3.87. The number of benzene rings is 1.